The Labute approximate surface area is 313 Å². The number of hydrogen-bond donors (Lipinski definition) is 0. The van der Waals surface area contributed by atoms with Crippen molar-refractivity contribution in [2.45, 2.75) is 26.2 Å². The van der Waals surface area contributed by atoms with Crippen LogP contribution in [0.1, 0.15) is 36.2 Å². The Hall–Kier alpha value is -6.85. The van der Waals surface area contributed by atoms with Crippen molar-refractivity contribution in [3.05, 3.63) is 181 Å². The van der Waals surface area contributed by atoms with E-state index in [4.69, 9.17) is 19.4 Å². The fourth-order valence-corrected chi connectivity index (χ4v) is 8.12. The largest absolute Gasteiger partial charge is 0.456 e. The smallest absolute Gasteiger partial charge is 0.163 e. The van der Waals surface area contributed by atoms with E-state index >= 15 is 0 Å². The number of benzene rings is 7. The molecule has 3 heterocycles. The van der Waals surface area contributed by atoms with Crippen molar-refractivity contribution in [2.24, 2.45) is 0 Å². The zero-order chi connectivity index (χ0) is 36.2. The third-order valence-electron chi connectivity index (χ3n) is 10.7. The molecule has 0 saturated carbocycles. The highest BCUT2D eigenvalue weighted by Gasteiger charge is 2.24. The molecule has 0 radical (unpaired) electrons. The first-order valence-electron chi connectivity index (χ1n) is 18.6. The molecule has 1 unspecified atom stereocenters. The second-order valence-corrected chi connectivity index (χ2v) is 13.9. The Morgan fingerprint density at radius 1 is 0.519 bits per heavy atom. The predicted octanol–water partition coefficient (Wildman–Crippen LogP) is 12.7. The summed E-state index contributed by atoms with van der Waals surface area (Å²) >= 11 is 0. The molecule has 5 heteroatoms. The standard InChI is InChI=1S/C49H36N4O/c1-3-35(49-51-47(32-16-6-4-7-17-32)50-48(52-49)33-26-27-40-39-23-13-15-25-45(39)54-46(40)29-33)36-20-10-11-21-37(36)41-30-44-42(28-31(41)2)38-22-12-14-24-43(38)53(44)34-18-8-5-9-19-34/h4-30,35H,3H2,1-2H3. The molecule has 7 aromatic carbocycles. The van der Waals surface area contributed by atoms with E-state index in [1.807, 2.05) is 36.4 Å². The number of aryl methyl sites for hydroxylation is 1. The quantitative estimate of drug-likeness (QED) is 0.166. The highest BCUT2D eigenvalue weighted by atomic mass is 16.3. The molecule has 0 spiro atoms. The van der Waals surface area contributed by atoms with Crippen molar-refractivity contribution in [1.29, 1.82) is 0 Å². The average molecular weight is 697 g/mol. The van der Waals surface area contributed by atoms with Gasteiger partial charge in [0.2, 0.25) is 0 Å². The minimum absolute atomic E-state index is 0.0876. The Morgan fingerprint density at radius 2 is 1.19 bits per heavy atom. The van der Waals surface area contributed by atoms with Crippen LogP contribution >= 0.6 is 0 Å². The van der Waals surface area contributed by atoms with Gasteiger partial charge in [0.1, 0.15) is 17.0 Å². The van der Waals surface area contributed by atoms with Gasteiger partial charge in [0, 0.05) is 44.3 Å². The summed E-state index contributed by atoms with van der Waals surface area (Å²) < 4.78 is 8.67. The molecule has 3 aromatic heterocycles. The number of fused-ring (bicyclic) bond motifs is 6. The summed E-state index contributed by atoms with van der Waals surface area (Å²) in [6.07, 6.45) is 0.808. The molecule has 54 heavy (non-hydrogen) atoms. The lowest BCUT2D eigenvalue weighted by Crippen LogP contribution is -2.10. The minimum atomic E-state index is -0.0876. The van der Waals surface area contributed by atoms with Crippen molar-refractivity contribution >= 4 is 43.7 Å². The molecule has 0 amide bonds. The van der Waals surface area contributed by atoms with Gasteiger partial charge in [-0.1, -0.05) is 122 Å². The van der Waals surface area contributed by atoms with Crippen molar-refractivity contribution in [3.63, 3.8) is 0 Å². The average Bonchev–Trinajstić information content (AvgIpc) is 3.76. The fraction of sp³-hybridized carbons (Fsp3) is 0.0816. The highest BCUT2D eigenvalue weighted by molar-refractivity contribution is 6.11. The van der Waals surface area contributed by atoms with Crippen LogP contribution in [-0.4, -0.2) is 19.5 Å². The van der Waals surface area contributed by atoms with Crippen LogP contribution in [0.4, 0.5) is 0 Å². The van der Waals surface area contributed by atoms with Crippen LogP contribution in [0, 0.1) is 6.92 Å². The van der Waals surface area contributed by atoms with Crippen LogP contribution in [0.15, 0.2) is 168 Å². The molecule has 5 nitrogen and oxygen atoms in total. The van der Waals surface area contributed by atoms with Crippen molar-refractivity contribution < 1.29 is 4.42 Å². The Balaban J connectivity index is 1.15. The first-order valence-corrected chi connectivity index (χ1v) is 18.6. The Bertz CT molecular complexity index is 3000. The van der Waals surface area contributed by atoms with Crippen LogP contribution in [0.25, 0.3) is 83.3 Å². The molecule has 0 aliphatic heterocycles. The third kappa shape index (κ3) is 5.28. The number of aromatic nitrogens is 4. The van der Waals surface area contributed by atoms with Crippen LogP contribution in [0.2, 0.25) is 0 Å². The molecule has 0 aliphatic carbocycles. The van der Waals surface area contributed by atoms with Gasteiger partial charge in [-0.05, 0) is 84.1 Å². The highest BCUT2D eigenvalue weighted by Crippen LogP contribution is 2.41. The van der Waals surface area contributed by atoms with Gasteiger partial charge >= 0.3 is 0 Å². The normalized spacial score (nSPS) is 12.3. The molecule has 10 rings (SSSR count). The number of nitrogens with zero attached hydrogens (tertiary/aromatic N) is 4. The lowest BCUT2D eigenvalue weighted by molar-refractivity contribution is 0.669. The van der Waals surface area contributed by atoms with Gasteiger partial charge in [-0.15, -0.1) is 0 Å². The van der Waals surface area contributed by atoms with Crippen molar-refractivity contribution in [2.75, 3.05) is 0 Å². The van der Waals surface area contributed by atoms with E-state index < -0.39 is 0 Å². The molecule has 0 saturated heterocycles. The van der Waals surface area contributed by atoms with Crippen LogP contribution < -0.4 is 0 Å². The van der Waals surface area contributed by atoms with Gasteiger partial charge in [0.25, 0.3) is 0 Å². The maximum absolute atomic E-state index is 6.29. The molecule has 10 aromatic rings. The zero-order valence-corrected chi connectivity index (χ0v) is 30.1. The lowest BCUT2D eigenvalue weighted by Gasteiger charge is -2.21. The van der Waals surface area contributed by atoms with E-state index in [0.717, 1.165) is 51.0 Å². The summed E-state index contributed by atoms with van der Waals surface area (Å²) in [6.45, 7) is 4.45. The van der Waals surface area contributed by atoms with E-state index in [1.165, 1.54) is 44.1 Å². The van der Waals surface area contributed by atoms with Crippen LogP contribution in [0.3, 0.4) is 0 Å². The van der Waals surface area contributed by atoms with Crippen molar-refractivity contribution in [1.82, 2.24) is 19.5 Å². The number of hydrogen-bond acceptors (Lipinski definition) is 4. The maximum atomic E-state index is 6.29. The van der Waals surface area contributed by atoms with Crippen LogP contribution in [-0.2, 0) is 0 Å². The van der Waals surface area contributed by atoms with Gasteiger partial charge in [-0.2, -0.15) is 0 Å². The molecule has 0 fully saturated rings. The SMILES string of the molecule is CCC(c1nc(-c2ccccc2)nc(-c2ccc3c(c2)oc2ccccc23)n1)c1ccccc1-c1cc2c(cc1C)c1ccccc1n2-c1ccccc1. The predicted molar refractivity (Wildman–Crippen MR) is 221 cm³/mol. The zero-order valence-electron chi connectivity index (χ0n) is 30.1. The summed E-state index contributed by atoms with van der Waals surface area (Å²) in [4.78, 5) is 15.5. The third-order valence-corrected chi connectivity index (χ3v) is 10.7. The van der Waals surface area contributed by atoms with E-state index in [1.54, 1.807) is 0 Å². The molecule has 0 bridgehead atoms. The van der Waals surface area contributed by atoms with E-state index in [-0.39, 0.29) is 5.92 Å². The molecular formula is C49H36N4O. The second-order valence-electron chi connectivity index (χ2n) is 13.9. The molecule has 1 atom stereocenters. The molecular weight excluding hydrogens is 661 g/mol. The van der Waals surface area contributed by atoms with Gasteiger partial charge in [-0.25, -0.2) is 15.0 Å². The van der Waals surface area contributed by atoms with E-state index in [9.17, 15) is 0 Å². The van der Waals surface area contributed by atoms with Gasteiger partial charge in [0.05, 0.1) is 11.0 Å². The Kier molecular flexibility index (Phi) is 7.65. The fourth-order valence-electron chi connectivity index (χ4n) is 8.12. The first-order chi connectivity index (χ1) is 26.6. The molecule has 258 valence electrons. The summed E-state index contributed by atoms with van der Waals surface area (Å²) in [5, 5.41) is 4.67. The number of rotatable bonds is 7. The van der Waals surface area contributed by atoms with Gasteiger partial charge < -0.3 is 8.98 Å². The van der Waals surface area contributed by atoms with Crippen molar-refractivity contribution in [3.8, 4) is 39.6 Å². The number of furan rings is 1. The Morgan fingerprint density at radius 3 is 2.00 bits per heavy atom. The molecule has 0 aliphatic rings. The number of para-hydroxylation sites is 3. The maximum Gasteiger partial charge on any atom is 0.163 e. The lowest BCUT2D eigenvalue weighted by atomic mass is 9.86. The van der Waals surface area contributed by atoms with Crippen LogP contribution in [0.5, 0.6) is 0 Å². The minimum Gasteiger partial charge on any atom is -0.456 e. The van der Waals surface area contributed by atoms with Gasteiger partial charge in [0.15, 0.2) is 11.6 Å². The van der Waals surface area contributed by atoms with E-state index in [0.29, 0.717) is 11.6 Å². The summed E-state index contributed by atoms with van der Waals surface area (Å²) in [7, 11) is 0. The summed E-state index contributed by atoms with van der Waals surface area (Å²) in [5.41, 5.74) is 11.8. The topological polar surface area (TPSA) is 56.7 Å². The second kappa shape index (κ2) is 13.0. The summed E-state index contributed by atoms with van der Waals surface area (Å²) in [6, 6.07) is 57.4. The summed E-state index contributed by atoms with van der Waals surface area (Å²) in [5.74, 6) is 1.94. The van der Waals surface area contributed by atoms with E-state index in [2.05, 4.69) is 146 Å². The van der Waals surface area contributed by atoms with Gasteiger partial charge in [-0.3, -0.25) is 0 Å². The molecule has 0 N–H and O–H groups in total. The monoisotopic (exact) mass is 696 g/mol. The first kappa shape index (κ1) is 31.9.